The lowest BCUT2D eigenvalue weighted by Gasteiger charge is -2.11. The van der Waals surface area contributed by atoms with Gasteiger partial charge in [0.15, 0.2) is 0 Å². The fourth-order valence-corrected chi connectivity index (χ4v) is 2.55. The smallest absolute Gasteiger partial charge is 0.333 e. The summed E-state index contributed by atoms with van der Waals surface area (Å²) in [5, 5.41) is 3.01. The fourth-order valence-electron chi connectivity index (χ4n) is 2.37. The van der Waals surface area contributed by atoms with Gasteiger partial charge in [-0.1, -0.05) is 42.0 Å². The number of imide groups is 1. The second kappa shape index (κ2) is 7.23. The average molecular weight is 355 g/mol. The van der Waals surface area contributed by atoms with E-state index in [1.54, 1.807) is 43.5 Å². The Balaban J connectivity index is 1.76. The molecule has 1 saturated heterocycles. The van der Waals surface area contributed by atoms with Gasteiger partial charge < -0.3 is 10.1 Å². The van der Waals surface area contributed by atoms with E-state index in [4.69, 9.17) is 16.3 Å². The van der Waals surface area contributed by atoms with E-state index in [1.807, 2.05) is 30.3 Å². The molecule has 0 unspecified atom stereocenters. The highest BCUT2D eigenvalue weighted by molar-refractivity contribution is 6.32. The summed E-state index contributed by atoms with van der Waals surface area (Å²) in [4.78, 5) is 25.6. The number of carbonyl (C=O) groups is 2. The van der Waals surface area contributed by atoms with E-state index in [0.717, 1.165) is 16.2 Å². The Morgan fingerprint density at radius 2 is 1.88 bits per heavy atom. The monoisotopic (exact) mass is 354 g/mol. The van der Waals surface area contributed by atoms with Gasteiger partial charge in [-0.25, -0.2) is 9.69 Å². The Labute approximate surface area is 150 Å². The van der Waals surface area contributed by atoms with Gasteiger partial charge in [-0.3, -0.25) is 4.79 Å². The largest absolute Gasteiger partial charge is 0.497 e. The maximum Gasteiger partial charge on any atom is 0.333 e. The molecule has 0 saturated carbocycles. The van der Waals surface area contributed by atoms with E-state index in [-0.39, 0.29) is 5.70 Å². The third kappa shape index (κ3) is 3.72. The summed E-state index contributed by atoms with van der Waals surface area (Å²) >= 11 is 5.92. The first-order chi connectivity index (χ1) is 12.1. The Bertz CT molecular complexity index is 872. The summed E-state index contributed by atoms with van der Waals surface area (Å²) in [5.74, 6) is 0.345. The minimum atomic E-state index is -0.503. The van der Waals surface area contributed by atoms with Crippen molar-refractivity contribution in [2.24, 2.45) is 0 Å². The molecule has 1 fully saturated rings. The first-order valence-corrected chi connectivity index (χ1v) is 7.90. The molecule has 5 nitrogen and oxygen atoms in total. The maximum absolute atomic E-state index is 12.4. The van der Waals surface area contributed by atoms with Crippen LogP contribution in [0.2, 0.25) is 5.02 Å². The van der Waals surface area contributed by atoms with Crippen molar-refractivity contribution in [3.8, 4) is 5.75 Å². The van der Waals surface area contributed by atoms with Gasteiger partial charge >= 0.3 is 6.03 Å². The maximum atomic E-state index is 12.4. The van der Waals surface area contributed by atoms with E-state index in [9.17, 15) is 9.59 Å². The zero-order valence-corrected chi connectivity index (χ0v) is 14.2. The van der Waals surface area contributed by atoms with E-state index >= 15 is 0 Å². The molecular weight excluding hydrogens is 340 g/mol. The van der Waals surface area contributed by atoms with Crippen LogP contribution in [-0.2, 0) is 4.79 Å². The Hall–Kier alpha value is -3.05. The minimum absolute atomic E-state index is 0.203. The van der Waals surface area contributed by atoms with E-state index < -0.39 is 11.9 Å². The van der Waals surface area contributed by atoms with Crippen LogP contribution in [0.25, 0.3) is 6.08 Å². The average Bonchev–Trinajstić information content (AvgIpc) is 2.89. The molecule has 3 rings (SSSR count). The molecule has 6 heteroatoms. The van der Waals surface area contributed by atoms with Crippen molar-refractivity contribution in [1.29, 1.82) is 0 Å². The molecule has 0 aromatic heterocycles. The van der Waals surface area contributed by atoms with E-state index in [1.165, 1.54) is 0 Å². The second-order valence-corrected chi connectivity index (χ2v) is 5.70. The van der Waals surface area contributed by atoms with Gasteiger partial charge in [0.2, 0.25) is 0 Å². The van der Waals surface area contributed by atoms with Gasteiger partial charge in [0.05, 0.1) is 12.8 Å². The topological polar surface area (TPSA) is 58.6 Å². The number of halogens is 1. The van der Waals surface area contributed by atoms with Crippen LogP contribution in [-0.4, -0.2) is 19.0 Å². The molecule has 2 aromatic rings. The van der Waals surface area contributed by atoms with Crippen molar-refractivity contribution in [2.75, 3.05) is 12.0 Å². The van der Waals surface area contributed by atoms with E-state index in [2.05, 4.69) is 5.32 Å². The predicted molar refractivity (Wildman–Crippen MR) is 97.6 cm³/mol. The SMILES string of the molecule is COc1ccc(/C=C/C=C2/NC(=O)N(c3cccc(Cl)c3)C2=O)cc1. The predicted octanol–water partition coefficient (Wildman–Crippen LogP) is 4.00. The molecule has 0 atom stereocenters. The molecular formula is C19H15ClN2O3. The molecule has 0 aliphatic carbocycles. The van der Waals surface area contributed by atoms with Crippen LogP contribution < -0.4 is 15.0 Å². The number of urea groups is 1. The summed E-state index contributed by atoms with van der Waals surface area (Å²) in [5.41, 5.74) is 1.58. The zero-order chi connectivity index (χ0) is 17.8. The van der Waals surface area contributed by atoms with Gasteiger partial charge in [0, 0.05) is 5.02 Å². The van der Waals surface area contributed by atoms with Gasteiger partial charge in [0.25, 0.3) is 5.91 Å². The lowest BCUT2D eigenvalue weighted by Crippen LogP contribution is -2.30. The Morgan fingerprint density at radius 1 is 1.12 bits per heavy atom. The third-order valence-corrected chi connectivity index (χ3v) is 3.85. The van der Waals surface area contributed by atoms with Crippen LogP contribution in [0.15, 0.2) is 66.4 Å². The molecule has 0 bridgehead atoms. The molecule has 0 spiro atoms. The molecule has 1 heterocycles. The van der Waals surface area contributed by atoms with Gasteiger partial charge in [0.1, 0.15) is 11.4 Å². The first-order valence-electron chi connectivity index (χ1n) is 7.52. The van der Waals surface area contributed by atoms with Crippen molar-refractivity contribution in [3.63, 3.8) is 0 Å². The first kappa shape index (κ1) is 16.8. The van der Waals surface area contributed by atoms with Crippen LogP contribution in [0.1, 0.15) is 5.56 Å². The van der Waals surface area contributed by atoms with Gasteiger partial charge in [-0.2, -0.15) is 0 Å². The number of nitrogens with one attached hydrogen (secondary N) is 1. The van der Waals surface area contributed by atoms with Gasteiger partial charge in [-0.15, -0.1) is 0 Å². The molecule has 126 valence electrons. The lowest BCUT2D eigenvalue weighted by atomic mass is 10.2. The number of rotatable bonds is 4. The number of ether oxygens (including phenoxy) is 1. The number of anilines is 1. The zero-order valence-electron chi connectivity index (χ0n) is 13.4. The quantitative estimate of drug-likeness (QED) is 0.666. The number of methoxy groups -OCH3 is 1. The number of hydrogen-bond acceptors (Lipinski definition) is 3. The minimum Gasteiger partial charge on any atom is -0.497 e. The highest BCUT2D eigenvalue weighted by atomic mass is 35.5. The number of allylic oxidation sites excluding steroid dienone is 2. The molecule has 2 aromatic carbocycles. The summed E-state index contributed by atoms with van der Waals surface area (Å²) in [6, 6.07) is 13.5. The van der Waals surface area contributed by atoms with Crippen molar-refractivity contribution >= 4 is 35.3 Å². The van der Waals surface area contributed by atoms with Crippen LogP contribution in [0, 0.1) is 0 Å². The van der Waals surface area contributed by atoms with Crippen LogP contribution in [0.4, 0.5) is 10.5 Å². The molecule has 3 amide bonds. The highest BCUT2D eigenvalue weighted by Gasteiger charge is 2.34. The standard InChI is InChI=1S/C19H15ClN2O3/c1-25-16-10-8-13(9-11-16)4-2-7-17-18(23)22(19(24)21-17)15-6-3-5-14(20)12-15/h2-12H,1H3,(H,21,24)/b4-2+,17-7+. The number of nitrogens with zero attached hydrogens (tertiary/aromatic N) is 1. The summed E-state index contributed by atoms with van der Waals surface area (Å²) in [6.07, 6.45) is 5.10. The summed E-state index contributed by atoms with van der Waals surface area (Å²) in [7, 11) is 1.61. The number of benzene rings is 2. The van der Waals surface area contributed by atoms with Crippen molar-refractivity contribution in [3.05, 3.63) is 77.0 Å². The van der Waals surface area contributed by atoms with Crippen molar-refractivity contribution < 1.29 is 14.3 Å². The molecule has 0 radical (unpaired) electrons. The molecule has 1 aliphatic heterocycles. The Kier molecular flexibility index (Phi) is 4.86. The van der Waals surface area contributed by atoms with Crippen molar-refractivity contribution in [1.82, 2.24) is 5.32 Å². The van der Waals surface area contributed by atoms with Crippen LogP contribution >= 0.6 is 11.6 Å². The van der Waals surface area contributed by atoms with Crippen LogP contribution in [0.3, 0.4) is 0 Å². The summed E-state index contributed by atoms with van der Waals surface area (Å²) in [6.45, 7) is 0. The second-order valence-electron chi connectivity index (χ2n) is 5.26. The van der Waals surface area contributed by atoms with Gasteiger partial charge in [-0.05, 0) is 42.0 Å². The number of carbonyl (C=O) groups excluding carboxylic acids is 2. The molecule has 1 N–H and O–H groups in total. The third-order valence-electron chi connectivity index (χ3n) is 3.61. The van der Waals surface area contributed by atoms with Crippen LogP contribution in [0.5, 0.6) is 5.75 Å². The Morgan fingerprint density at radius 3 is 2.56 bits per heavy atom. The molecule has 1 aliphatic rings. The van der Waals surface area contributed by atoms with Crippen molar-refractivity contribution in [2.45, 2.75) is 0 Å². The number of hydrogen-bond donors (Lipinski definition) is 1. The lowest BCUT2D eigenvalue weighted by molar-refractivity contribution is -0.113. The van der Waals surface area contributed by atoms with E-state index in [0.29, 0.717) is 10.7 Å². The fraction of sp³-hybridized carbons (Fsp3) is 0.0526. The summed E-state index contributed by atoms with van der Waals surface area (Å²) < 4.78 is 5.10. The normalized spacial score (nSPS) is 15.9. The molecule has 25 heavy (non-hydrogen) atoms. The highest BCUT2D eigenvalue weighted by Crippen LogP contribution is 2.24. The number of amides is 3.